The minimum Gasteiger partial charge on any atom is -0.317 e. The summed E-state index contributed by atoms with van der Waals surface area (Å²) in [5, 5.41) is 7.22. The molecule has 2 fully saturated rings. The maximum Gasteiger partial charge on any atom is 0.232 e. The van der Waals surface area contributed by atoms with Crippen molar-refractivity contribution in [1.29, 1.82) is 0 Å². The molecule has 2 N–H and O–H groups in total. The zero-order valence-corrected chi connectivity index (χ0v) is 14.6. The van der Waals surface area contributed by atoms with Crippen LogP contribution in [0.2, 0.25) is 0 Å². The van der Waals surface area contributed by atoms with Gasteiger partial charge in [0.15, 0.2) is 5.13 Å². The largest absolute Gasteiger partial charge is 0.317 e. The minimum atomic E-state index is -0.220. The molecular weight excluding hydrogens is 318 g/mol. The number of carbonyl (C=O) groups excluding carboxylic acids is 1. The number of nitrogens with zero attached hydrogens (tertiary/aromatic N) is 1. The number of thiazole rings is 1. The van der Waals surface area contributed by atoms with E-state index in [0.29, 0.717) is 5.92 Å². The number of anilines is 1. The van der Waals surface area contributed by atoms with Crippen LogP contribution in [-0.2, 0) is 11.2 Å². The average molecular weight is 341 g/mol. The lowest BCUT2D eigenvalue weighted by Crippen LogP contribution is -2.26. The fourth-order valence-electron chi connectivity index (χ4n) is 3.49. The van der Waals surface area contributed by atoms with Gasteiger partial charge >= 0.3 is 0 Å². The number of carbonyl (C=O) groups is 1. The molecule has 1 aromatic heterocycles. The van der Waals surface area contributed by atoms with Crippen LogP contribution in [0, 0.1) is 5.41 Å². The lowest BCUT2D eigenvalue weighted by atomic mass is 9.96. The van der Waals surface area contributed by atoms with Crippen molar-refractivity contribution in [2.45, 2.75) is 38.0 Å². The molecule has 4 rings (SSSR count). The molecule has 1 aliphatic carbocycles. The Kier molecular flexibility index (Phi) is 4.37. The van der Waals surface area contributed by atoms with Crippen molar-refractivity contribution >= 4 is 22.4 Å². The SMILES string of the molecule is O=C(Nc1ncc(C2CCNCC2)s1)C1(Cc2ccccc2)CC1. The summed E-state index contributed by atoms with van der Waals surface area (Å²) in [6.07, 6.45) is 7.04. The number of rotatable bonds is 5. The van der Waals surface area contributed by atoms with Crippen molar-refractivity contribution in [3.05, 3.63) is 47.0 Å². The van der Waals surface area contributed by atoms with E-state index in [1.807, 2.05) is 24.4 Å². The van der Waals surface area contributed by atoms with E-state index < -0.39 is 0 Å². The Hall–Kier alpha value is -1.72. The monoisotopic (exact) mass is 341 g/mol. The Labute approximate surface area is 146 Å². The number of hydrogen-bond donors (Lipinski definition) is 2. The highest BCUT2D eigenvalue weighted by atomic mass is 32.1. The molecule has 0 bridgehead atoms. The predicted molar refractivity (Wildman–Crippen MR) is 97.4 cm³/mol. The van der Waals surface area contributed by atoms with E-state index in [2.05, 4.69) is 27.8 Å². The smallest absolute Gasteiger partial charge is 0.232 e. The Morgan fingerprint density at radius 3 is 2.71 bits per heavy atom. The third-order valence-corrected chi connectivity index (χ3v) is 6.28. The van der Waals surface area contributed by atoms with E-state index >= 15 is 0 Å². The van der Waals surface area contributed by atoms with Gasteiger partial charge in [-0.2, -0.15) is 0 Å². The maximum atomic E-state index is 12.7. The van der Waals surface area contributed by atoms with E-state index in [1.165, 1.54) is 10.4 Å². The molecule has 2 aromatic rings. The highest BCUT2D eigenvalue weighted by Crippen LogP contribution is 2.49. The van der Waals surface area contributed by atoms with Crippen LogP contribution in [0.1, 0.15) is 42.0 Å². The summed E-state index contributed by atoms with van der Waals surface area (Å²) in [4.78, 5) is 18.5. The molecule has 1 aliphatic heterocycles. The standard InChI is InChI=1S/C19H23N3OS/c23-17(19(8-9-19)12-14-4-2-1-3-5-14)22-18-21-13-16(24-18)15-6-10-20-11-7-15/h1-5,13,15,20H,6-12H2,(H,21,22,23). The fraction of sp³-hybridized carbons (Fsp3) is 0.474. The Balaban J connectivity index is 1.40. The number of aromatic nitrogens is 1. The Morgan fingerprint density at radius 1 is 1.25 bits per heavy atom. The van der Waals surface area contributed by atoms with Crippen LogP contribution >= 0.6 is 11.3 Å². The number of piperidine rings is 1. The Morgan fingerprint density at radius 2 is 2.00 bits per heavy atom. The molecule has 2 aliphatic rings. The van der Waals surface area contributed by atoms with Crippen molar-refractivity contribution in [3.8, 4) is 0 Å². The second-order valence-electron chi connectivity index (χ2n) is 6.99. The molecule has 0 radical (unpaired) electrons. The summed E-state index contributed by atoms with van der Waals surface area (Å²) in [6, 6.07) is 10.3. The molecule has 0 spiro atoms. The summed E-state index contributed by atoms with van der Waals surface area (Å²) < 4.78 is 0. The van der Waals surface area contributed by atoms with Gasteiger partial charge in [-0.25, -0.2) is 4.98 Å². The Bertz CT molecular complexity index is 702. The zero-order valence-electron chi connectivity index (χ0n) is 13.8. The van der Waals surface area contributed by atoms with Crippen molar-refractivity contribution < 1.29 is 4.79 Å². The normalized spacial score (nSPS) is 19.8. The first kappa shape index (κ1) is 15.8. The third kappa shape index (κ3) is 3.37. The number of amides is 1. The first-order chi connectivity index (χ1) is 11.8. The van der Waals surface area contributed by atoms with Gasteiger partial charge in [0.2, 0.25) is 5.91 Å². The van der Waals surface area contributed by atoms with Crippen molar-refractivity contribution in [1.82, 2.24) is 10.3 Å². The van der Waals surface area contributed by atoms with Gasteiger partial charge in [0.25, 0.3) is 0 Å². The highest BCUT2D eigenvalue weighted by molar-refractivity contribution is 7.15. The van der Waals surface area contributed by atoms with Gasteiger partial charge in [-0.1, -0.05) is 30.3 Å². The van der Waals surface area contributed by atoms with E-state index in [0.717, 1.165) is 50.3 Å². The molecule has 1 saturated heterocycles. The molecule has 1 aromatic carbocycles. The van der Waals surface area contributed by atoms with Gasteiger partial charge < -0.3 is 10.6 Å². The molecule has 1 amide bonds. The molecule has 2 heterocycles. The predicted octanol–water partition coefficient (Wildman–Crippen LogP) is 3.57. The first-order valence-corrected chi connectivity index (χ1v) is 9.59. The number of hydrogen-bond acceptors (Lipinski definition) is 4. The maximum absolute atomic E-state index is 12.7. The van der Waals surface area contributed by atoms with Crippen LogP contribution < -0.4 is 10.6 Å². The van der Waals surface area contributed by atoms with Crippen molar-refractivity contribution in [3.63, 3.8) is 0 Å². The second kappa shape index (κ2) is 6.65. The summed E-state index contributed by atoms with van der Waals surface area (Å²) in [6.45, 7) is 2.15. The molecule has 0 unspecified atom stereocenters. The van der Waals surface area contributed by atoms with E-state index in [4.69, 9.17) is 0 Å². The summed E-state index contributed by atoms with van der Waals surface area (Å²) in [5.41, 5.74) is 1.02. The van der Waals surface area contributed by atoms with Gasteiger partial charge in [0.1, 0.15) is 0 Å². The third-order valence-electron chi connectivity index (χ3n) is 5.21. The van der Waals surface area contributed by atoms with Crippen LogP contribution in [0.5, 0.6) is 0 Å². The number of benzene rings is 1. The van der Waals surface area contributed by atoms with E-state index in [1.54, 1.807) is 11.3 Å². The van der Waals surface area contributed by atoms with Gasteiger partial charge in [-0.15, -0.1) is 11.3 Å². The van der Waals surface area contributed by atoms with Crippen LogP contribution in [0.25, 0.3) is 0 Å². The fourth-order valence-corrected chi connectivity index (χ4v) is 4.47. The van der Waals surface area contributed by atoms with Gasteiger partial charge in [-0.3, -0.25) is 4.79 Å². The molecule has 126 valence electrons. The van der Waals surface area contributed by atoms with Crippen LogP contribution in [0.4, 0.5) is 5.13 Å². The molecule has 24 heavy (non-hydrogen) atoms. The highest BCUT2D eigenvalue weighted by Gasteiger charge is 2.49. The van der Waals surface area contributed by atoms with Crippen LogP contribution in [0.3, 0.4) is 0 Å². The lowest BCUT2D eigenvalue weighted by molar-refractivity contribution is -0.121. The van der Waals surface area contributed by atoms with Crippen LogP contribution in [0.15, 0.2) is 36.5 Å². The van der Waals surface area contributed by atoms with E-state index in [9.17, 15) is 4.79 Å². The van der Waals surface area contributed by atoms with Gasteiger partial charge in [0.05, 0.1) is 5.41 Å². The van der Waals surface area contributed by atoms with Crippen molar-refractivity contribution in [2.75, 3.05) is 18.4 Å². The van der Waals surface area contributed by atoms with E-state index in [-0.39, 0.29) is 11.3 Å². The summed E-state index contributed by atoms with van der Waals surface area (Å²) >= 11 is 1.65. The molecule has 1 saturated carbocycles. The van der Waals surface area contributed by atoms with Crippen molar-refractivity contribution in [2.24, 2.45) is 5.41 Å². The average Bonchev–Trinajstić information content (AvgIpc) is 3.26. The molecule has 5 heteroatoms. The first-order valence-electron chi connectivity index (χ1n) is 8.77. The number of nitrogens with one attached hydrogen (secondary N) is 2. The lowest BCUT2D eigenvalue weighted by Gasteiger charge is -2.20. The van der Waals surface area contributed by atoms with Gasteiger partial charge in [-0.05, 0) is 56.7 Å². The van der Waals surface area contributed by atoms with Gasteiger partial charge in [0, 0.05) is 11.1 Å². The zero-order chi connectivity index (χ0) is 16.4. The second-order valence-corrected chi connectivity index (χ2v) is 8.05. The minimum absolute atomic E-state index is 0.137. The quantitative estimate of drug-likeness (QED) is 0.874. The topological polar surface area (TPSA) is 54.0 Å². The van der Waals surface area contributed by atoms with Crippen LogP contribution in [-0.4, -0.2) is 24.0 Å². The molecular formula is C19H23N3OS. The molecule has 0 atom stereocenters. The molecule has 4 nitrogen and oxygen atoms in total. The summed E-state index contributed by atoms with van der Waals surface area (Å²) in [7, 11) is 0. The summed E-state index contributed by atoms with van der Waals surface area (Å²) in [5.74, 6) is 0.728.